The van der Waals surface area contributed by atoms with Gasteiger partial charge in [0.05, 0.1) is 63.7 Å². The number of aliphatic carboxylic acids is 1. The fourth-order valence-electron chi connectivity index (χ4n) is 8.70. The molecule has 23 nitrogen and oxygen atoms in total. The first-order chi connectivity index (χ1) is 30.7. The van der Waals surface area contributed by atoms with E-state index in [0.29, 0.717) is 30.7 Å². The van der Waals surface area contributed by atoms with E-state index in [9.17, 15) is 45.0 Å². The van der Waals surface area contributed by atoms with Gasteiger partial charge in [-0.15, -0.1) is 10.2 Å². The van der Waals surface area contributed by atoms with Crippen LogP contribution in [0.3, 0.4) is 0 Å². The Bertz CT molecular complexity index is 1780. The van der Waals surface area contributed by atoms with Crippen molar-refractivity contribution in [2.75, 3.05) is 19.8 Å². The number of carboxylic acid groups (broad SMARTS) is 1. The molecule has 6 N–H and O–H groups in total. The lowest BCUT2D eigenvalue weighted by Crippen LogP contribution is -2.64. The van der Waals surface area contributed by atoms with Crippen molar-refractivity contribution in [1.82, 2.24) is 30.0 Å². The number of nitrogens with zero attached hydrogens (tertiary/aromatic N) is 6. The molecule has 360 valence electrons. The van der Waals surface area contributed by atoms with Crippen molar-refractivity contribution in [3.63, 3.8) is 0 Å². The quantitative estimate of drug-likeness (QED) is 0.0635. The molecule has 0 amide bonds. The summed E-state index contributed by atoms with van der Waals surface area (Å²) < 4.78 is 50.6. The summed E-state index contributed by atoms with van der Waals surface area (Å²) in [7, 11) is 0. The molecule has 14 atom stereocenters. The highest BCUT2D eigenvalue weighted by Gasteiger charge is 2.53. The minimum absolute atomic E-state index is 0.0340. The van der Waals surface area contributed by atoms with E-state index in [0.717, 1.165) is 32.1 Å². The minimum Gasteiger partial charge on any atom is -0.479 e. The van der Waals surface area contributed by atoms with Crippen molar-refractivity contribution >= 4 is 17.7 Å². The number of esters is 1. The summed E-state index contributed by atoms with van der Waals surface area (Å²) in [5, 5.41) is 79.7. The smallest absolute Gasteiger partial charge is 0.332 e. The maximum atomic E-state index is 13.8. The summed E-state index contributed by atoms with van der Waals surface area (Å²) in [5.41, 5.74) is 0.943. The molecule has 2 saturated carbocycles. The number of hydrogen-bond donors (Lipinski definition) is 6. The Morgan fingerprint density at radius 1 is 0.766 bits per heavy atom. The van der Waals surface area contributed by atoms with Crippen LogP contribution in [0, 0.1) is 11.8 Å². The number of ether oxygens (including phenoxy) is 8. The van der Waals surface area contributed by atoms with Crippen LogP contribution < -0.4 is 0 Å². The lowest BCUT2D eigenvalue weighted by atomic mass is 9.85. The lowest BCUT2D eigenvalue weighted by Gasteiger charge is -2.47. The highest BCUT2D eigenvalue weighted by atomic mass is 16.7. The molecule has 0 aromatic carbocycles. The lowest BCUT2D eigenvalue weighted by molar-refractivity contribution is -0.349. The number of aromatic nitrogens is 6. The number of ketones is 1. The molecule has 2 saturated heterocycles. The predicted molar refractivity (Wildman–Crippen MR) is 214 cm³/mol. The van der Waals surface area contributed by atoms with Crippen LogP contribution in [-0.4, -0.2) is 178 Å². The first-order valence-electron chi connectivity index (χ1n) is 22.2. The molecule has 0 spiro atoms. The molecule has 23 heteroatoms. The molecule has 64 heavy (non-hydrogen) atoms. The highest BCUT2D eigenvalue weighted by Crippen LogP contribution is 2.37. The normalized spacial score (nSPS) is 33.2. The molecule has 2 aliphatic carbocycles. The van der Waals surface area contributed by atoms with Gasteiger partial charge in [0.1, 0.15) is 61.1 Å². The largest absolute Gasteiger partial charge is 0.479 e. The van der Waals surface area contributed by atoms with E-state index in [1.54, 1.807) is 6.20 Å². The van der Waals surface area contributed by atoms with Crippen LogP contribution in [0.2, 0.25) is 0 Å². The molecule has 0 unspecified atom stereocenters. The third kappa shape index (κ3) is 13.5. The van der Waals surface area contributed by atoms with Gasteiger partial charge >= 0.3 is 11.9 Å². The van der Waals surface area contributed by atoms with Gasteiger partial charge in [0.2, 0.25) is 0 Å². The molecule has 0 bridgehead atoms. The number of hydrogen-bond acceptors (Lipinski definition) is 20. The summed E-state index contributed by atoms with van der Waals surface area (Å²) in [6, 6.07) is 0. The molecule has 4 aliphatic rings. The first kappa shape index (κ1) is 49.8. The summed E-state index contributed by atoms with van der Waals surface area (Å²) in [6.07, 6.45) is -7.78. The number of carboxylic acids is 1. The summed E-state index contributed by atoms with van der Waals surface area (Å²) in [5.74, 6) is -2.35. The molecule has 2 aliphatic heterocycles. The van der Waals surface area contributed by atoms with Gasteiger partial charge in [0.25, 0.3) is 0 Å². The fourth-order valence-corrected chi connectivity index (χ4v) is 8.70. The van der Waals surface area contributed by atoms with Crippen LogP contribution in [0.15, 0.2) is 12.4 Å². The van der Waals surface area contributed by atoms with Crippen molar-refractivity contribution in [2.45, 2.75) is 185 Å². The van der Waals surface area contributed by atoms with Crippen LogP contribution >= 0.6 is 0 Å². The Labute approximate surface area is 370 Å². The van der Waals surface area contributed by atoms with Crippen molar-refractivity contribution in [2.24, 2.45) is 11.8 Å². The van der Waals surface area contributed by atoms with Gasteiger partial charge in [-0.3, -0.25) is 9.59 Å². The van der Waals surface area contributed by atoms with E-state index in [4.69, 9.17) is 37.9 Å². The van der Waals surface area contributed by atoms with E-state index in [1.807, 2.05) is 6.92 Å². The standard InChI is InChI=1S/C41H64N6O17/c1-22-8-7-11-28(36(22)64-40-35(54)34(53)32(51)24(3)59-40)61-41-38(37(33(52)30(19-48)62-41)60-29(39(55)56)14-25-9-5-4-6-10-25)63-31(50)18-47-17-27(43-45-47)21-58-13-12-57-20-26-16-46(44-42-26)15-23(2)49/h16-17,22,24-25,28-30,32-38,40-41,48,51-54H,4-15,18-21H2,1-3H3,(H,55,56)/t22-,24-,28+,29-,30+,32+,33-,34+,35-,36+,37-,38+,40-,41+/m0/s1. The second-order valence-corrected chi connectivity index (χ2v) is 17.3. The van der Waals surface area contributed by atoms with Crippen molar-refractivity contribution in [1.29, 1.82) is 0 Å². The van der Waals surface area contributed by atoms with Crippen LogP contribution in [0.5, 0.6) is 0 Å². The Morgan fingerprint density at radius 2 is 1.42 bits per heavy atom. The van der Waals surface area contributed by atoms with E-state index >= 15 is 0 Å². The number of rotatable bonds is 22. The first-order valence-corrected chi connectivity index (χ1v) is 22.2. The van der Waals surface area contributed by atoms with E-state index < -0.39 is 105 Å². The van der Waals surface area contributed by atoms with Crippen LogP contribution in [0.25, 0.3) is 0 Å². The van der Waals surface area contributed by atoms with Gasteiger partial charge in [-0.25, -0.2) is 14.2 Å². The SMILES string of the molecule is CC(=O)Cn1cc(COCCOCc2cn(CC(=O)O[C@H]3[C@H](O[C@@H]4CCC[C@H](C)[C@H]4O[C@@H]4O[C@@H](C)[C@@H](O)[C@@H](O)[C@@H]4O)O[C@H](CO)[C@H](O)[C@@H]3O[C@@H](CC3CCCCC3)C(=O)O)nn2)nn1. The summed E-state index contributed by atoms with van der Waals surface area (Å²) in [4.78, 5) is 37.7. The maximum Gasteiger partial charge on any atom is 0.332 e. The highest BCUT2D eigenvalue weighted by molar-refractivity contribution is 5.75. The van der Waals surface area contributed by atoms with Crippen LogP contribution in [0.4, 0.5) is 0 Å². The molecule has 2 aromatic heterocycles. The zero-order chi connectivity index (χ0) is 45.9. The zero-order valence-corrected chi connectivity index (χ0v) is 36.5. The third-order valence-corrected chi connectivity index (χ3v) is 12.1. The Balaban J connectivity index is 1.13. The predicted octanol–water partition coefficient (Wildman–Crippen LogP) is -0.591. The Kier molecular flexibility index (Phi) is 18.5. The Morgan fingerprint density at radius 3 is 2.05 bits per heavy atom. The maximum absolute atomic E-state index is 13.8. The summed E-state index contributed by atoms with van der Waals surface area (Å²) >= 11 is 0. The van der Waals surface area contributed by atoms with Crippen molar-refractivity contribution in [3.05, 3.63) is 23.8 Å². The van der Waals surface area contributed by atoms with E-state index in [1.165, 1.54) is 29.4 Å². The molecular weight excluding hydrogens is 848 g/mol. The average Bonchev–Trinajstić information content (AvgIpc) is 3.91. The fraction of sp³-hybridized carbons (Fsp3) is 0.829. The Hall–Kier alpha value is -3.59. The van der Waals surface area contributed by atoms with Crippen LogP contribution in [-0.2, 0) is 78.6 Å². The van der Waals surface area contributed by atoms with Gasteiger partial charge in [-0.2, -0.15) is 0 Å². The molecule has 2 aromatic rings. The third-order valence-electron chi connectivity index (χ3n) is 12.1. The second kappa shape index (κ2) is 23.7. The number of aliphatic hydroxyl groups excluding tert-OH is 5. The van der Waals surface area contributed by atoms with Gasteiger partial charge in [-0.1, -0.05) is 55.9 Å². The molecular formula is C41H64N6O17. The number of aliphatic hydroxyl groups is 5. The van der Waals surface area contributed by atoms with E-state index in [-0.39, 0.29) is 57.0 Å². The number of carbonyl (C=O) groups is 3. The molecule has 4 fully saturated rings. The average molecular weight is 913 g/mol. The van der Waals surface area contributed by atoms with Crippen molar-refractivity contribution < 1.29 is 82.9 Å². The monoisotopic (exact) mass is 912 g/mol. The number of carbonyl (C=O) groups excluding carboxylic acids is 2. The van der Waals surface area contributed by atoms with Crippen molar-refractivity contribution in [3.8, 4) is 0 Å². The zero-order valence-electron chi connectivity index (χ0n) is 36.5. The topological polar surface area (TPSA) is 308 Å². The minimum atomic E-state index is -1.66. The van der Waals surface area contributed by atoms with Crippen LogP contribution in [0.1, 0.15) is 89.9 Å². The van der Waals surface area contributed by atoms with E-state index in [2.05, 4.69) is 20.6 Å². The summed E-state index contributed by atoms with van der Waals surface area (Å²) in [6.45, 7) is 4.44. The van der Waals surface area contributed by atoms with Gasteiger partial charge < -0.3 is 68.5 Å². The van der Waals surface area contributed by atoms with Gasteiger partial charge in [-0.05, 0) is 44.9 Å². The molecule has 4 heterocycles. The molecule has 0 radical (unpaired) electrons. The van der Waals surface area contributed by atoms with Gasteiger partial charge in [0.15, 0.2) is 30.6 Å². The number of Topliss-reactive ketones (excluding diaryl/α,β-unsaturated/α-hetero) is 1. The van der Waals surface area contributed by atoms with Gasteiger partial charge in [0, 0.05) is 0 Å². The second-order valence-electron chi connectivity index (χ2n) is 17.3. The molecule has 6 rings (SSSR count).